The lowest BCUT2D eigenvalue weighted by atomic mass is 9.99. The van der Waals surface area contributed by atoms with E-state index in [1.165, 1.54) is 23.3 Å². The number of halogens is 1. The fourth-order valence-corrected chi connectivity index (χ4v) is 3.45. The van der Waals surface area contributed by atoms with Crippen LogP contribution in [0.15, 0.2) is 6.07 Å². The fraction of sp³-hybridized carbons (Fsp3) is 0.600. The quantitative estimate of drug-likeness (QED) is 0.731. The first-order valence-electron chi connectivity index (χ1n) is 7.44. The first kappa shape index (κ1) is 18.9. The van der Waals surface area contributed by atoms with Crippen LogP contribution in [0, 0.1) is 0 Å². The molecular weight excluding hydrogens is 322 g/mol. The maximum absolute atomic E-state index is 12.1. The minimum Gasteiger partial charge on any atom is -0.353 e. The molecule has 0 radical (unpaired) electrons. The number of fused-ring (bicyclic) bond motifs is 1. The average molecular weight is 346 g/mol. The second-order valence-corrected chi connectivity index (χ2v) is 6.58. The van der Waals surface area contributed by atoms with Gasteiger partial charge in [-0.3, -0.25) is 9.59 Å². The van der Waals surface area contributed by atoms with Crippen molar-refractivity contribution >= 4 is 35.6 Å². The van der Waals surface area contributed by atoms with Crippen LogP contribution in [0.3, 0.4) is 0 Å². The van der Waals surface area contributed by atoms with Crippen molar-refractivity contribution in [3.63, 3.8) is 0 Å². The van der Waals surface area contributed by atoms with Gasteiger partial charge in [-0.1, -0.05) is 0 Å². The minimum atomic E-state index is -0.160. The zero-order valence-corrected chi connectivity index (χ0v) is 14.7. The van der Waals surface area contributed by atoms with E-state index in [0.717, 1.165) is 17.7 Å². The molecule has 3 N–H and O–H groups in total. The van der Waals surface area contributed by atoms with Crippen LogP contribution >= 0.6 is 23.7 Å². The zero-order valence-electron chi connectivity index (χ0n) is 13.0. The summed E-state index contributed by atoms with van der Waals surface area (Å²) in [6.07, 6.45) is 4.56. The monoisotopic (exact) mass is 345 g/mol. The summed E-state index contributed by atoms with van der Waals surface area (Å²) >= 11 is 1.56. The number of rotatable bonds is 6. The Balaban J connectivity index is 0.00000242. The highest BCUT2D eigenvalue weighted by molar-refractivity contribution is 7.14. The van der Waals surface area contributed by atoms with Crippen molar-refractivity contribution in [3.8, 4) is 0 Å². The molecule has 1 aliphatic carbocycles. The molecule has 0 bridgehead atoms. The van der Waals surface area contributed by atoms with Gasteiger partial charge in [-0.15, -0.1) is 23.7 Å². The number of likely N-dealkylation sites (N-methyl/N-ethyl adjacent to an activating group) is 1. The standard InChI is InChI=1S/C15H23N3O2S.ClH/c1-10(16-2)8-17-14(19)9-18-15(20)13-7-11-5-3-4-6-12(11)21-13;/h7,10,16H,3-6,8-9H2,1-2H3,(H,17,19)(H,18,20);1H. The molecule has 22 heavy (non-hydrogen) atoms. The Bertz CT molecular complexity index is 495. The van der Waals surface area contributed by atoms with Gasteiger partial charge in [0.1, 0.15) is 0 Å². The molecule has 2 amide bonds. The van der Waals surface area contributed by atoms with Crippen LogP contribution in [-0.2, 0) is 17.6 Å². The fourth-order valence-electron chi connectivity index (χ4n) is 2.28. The molecule has 1 atom stereocenters. The SMILES string of the molecule is CNC(C)CNC(=O)CNC(=O)c1cc2c(s1)CCCC2.Cl. The molecule has 0 aliphatic heterocycles. The summed E-state index contributed by atoms with van der Waals surface area (Å²) in [6.45, 7) is 2.56. The molecular formula is C15H24ClN3O2S. The lowest BCUT2D eigenvalue weighted by Crippen LogP contribution is -2.42. The second-order valence-electron chi connectivity index (χ2n) is 5.44. The van der Waals surface area contributed by atoms with Crippen molar-refractivity contribution in [2.45, 2.75) is 38.6 Å². The summed E-state index contributed by atoms with van der Waals surface area (Å²) in [6, 6.07) is 2.20. The third-order valence-corrected chi connectivity index (χ3v) is 4.96. The number of aryl methyl sites for hydroxylation is 2. The van der Waals surface area contributed by atoms with Crippen LogP contribution in [0.2, 0.25) is 0 Å². The Morgan fingerprint density at radius 1 is 1.27 bits per heavy atom. The smallest absolute Gasteiger partial charge is 0.261 e. The van der Waals surface area contributed by atoms with Gasteiger partial charge in [-0.2, -0.15) is 0 Å². The van der Waals surface area contributed by atoms with Crippen LogP contribution < -0.4 is 16.0 Å². The summed E-state index contributed by atoms with van der Waals surface area (Å²) < 4.78 is 0. The largest absolute Gasteiger partial charge is 0.353 e. The molecule has 0 fully saturated rings. The number of amides is 2. The molecule has 2 rings (SSSR count). The number of nitrogens with one attached hydrogen (secondary N) is 3. The van der Waals surface area contributed by atoms with E-state index in [-0.39, 0.29) is 36.8 Å². The van der Waals surface area contributed by atoms with Crippen LogP contribution in [0.5, 0.6) is 0 Å². The lowest BCUT2D eigenvalue weighted by molar-refractivity contribution is -0.120. The predicted molar refractivity (Wildman–Crippen MR) is 92.1 cm³/mol. The molecule has 0 spiro atoms. The summed E-state index contributed by atoms with van der Waals surface area (Å²) in [5.41, 5.74) is 1.31. The van der Waals surface area contributed by atoms with Crippen molar-refractivity contribution < 1.29 is 9.59 Å². The predicted octanol–water partition coefficient (Wildman–Crippen LogP) is 1.50. The van der Waals surface area contributed by atoms with E-state index in [9.17, 15) is 9.59 Å². The van der Waals surface area contributed by atoms with E-state index in [1.807, 2.05) is 20.0 Å². The van der Waals surface area contributed by atoms with E-state index >= 15 is 0 Å². The number of carbonyl (C=O) groups excluding carboxylic acids is 2. The van der Waals surface area contributed by atoms with Crippen LogP contribution in [0.4, 0.5) is 0 Å². The zero-order chi connectivity index (χ0) is 15.2. The average Bonchev–Trinajstić information content (AvgIpc) is 2.94. The summed E-state index contributed by atoms with van der Waals surface area (Å²) in [5.74, 6) is -0.307. The van der Waals surface area contributed by atoms with E-state index in [2.05, 4.69) is 16.0 Å². The minimum absolute atomic E-state index is 0. The molecule has 7 heteroatoms. The maximum Gasteiger partial charge on any atom is 0.261 e. The Labute approximate surface area is 141 Å². The Hall–Kier alpha value is -1.11. The molecule has 124 valence electrons. The topological polar surface area (TPSA) is 70.2 Å². The van der Waals surface area contributed by atoms with Gasteiger partial charge >= 0.3 is 0 Å². The lowest BCUT2D eigenvalue weighted by Gasteiger charge is -2.11. The van der Waals surface area contributed by atoms with Gasteiger partial charge in [0.25, 0.3) is 5.91 Å². The van der Waals surface area contributed by atoms with Gasteiger partial charge in [0.2, 0.25) is 5.91 Å². The molecule has 0 saturated heterocycles. The van der Waals surface area contributed by atoms with E-state index < -0.39 is 0 Å². The van der Waals surface area contributed by atoms with Crippen molar-refractivity contribution in [1.82, 2.24) is 16.0 Å². The van der Waals surface area contributed by atoms with E-state index in [4.69, 9.17) is 0 Å². The molecule has 5 nitrogen and oxygen atoms in total. The molecule has 1 aliphatic rings. The molecule has 1 heterocycles. The van der Waals surface area contributed by atoms with Crippen LogP contribution in [0.25, 0.3) is 0 Å². The van der Waals surface area contributed by atoms with E-state index in [0.29, 0.717) is 6.54 Å². The molecule has 1 unspecified atom stereocenters. The Kier molecular flexibility index (Phi) is 7.85. The third-order valence-electron chi connectivity index (χ3n) is 3.73. The van der Waals surface area contributed by atoms with Gasteiger partial charge < -0.3 is 16.0 Å². The molecule has 1 aromatic rings. The molecule has 1 aromatic heterocycles. The number of hydrogen-bond acceptors (Lipinski definition) is 4. The first-order chi connectivity index (χ1) is 10.1. The normalized spacial score (nSPS) is 14.5. The number of carbonyl (C=O) groups is 2. The number of hydrogen-bond donors (Lipinski definition) is 3. The summed E-state index contributed by atoms with van der Waals surface area (Å²) in [5, 5.41) is 8.50. The van der Waals surface area contributed by atoms with Crippen molar-refractivity contribution in [2.24, 2.45) is 0 Å². The van der Waals surface area contributed by atoms with Gasteiger partial charge in [0, 0.05) is 17.5 Å². The number of thiophene rings is 1. The Morgan fingerprint density at radius 3 is 2.68 bits per heavy atom. The highest BCUT2D eigenvalue weighted by Gasteiger charge is 2.17. The van der Waals surface area contributed by atoms with Crippen molar-refractivity contribution in [3.05, 3.63) is 21.4 Å². The van der Waals surface area contributed by atoms with Gasteiger partial charge in [-0.05, 0) is 51.3 Å². The molecule has 0 aromatic carbocycles. The van der Waals surface area contributed by atoms with Crippen molar-refractivity contribution in [2.75, 3.05) is 20.1 Å². The third kappa shape index (κ3) is 5.26. The van der Waals surface area contributed by atoms with Gasteiger partial charge in [0.15, 0.2) is 0 Å². The highest BCUT2D eigenvalue weighted by Crippen LogP contribution is 2.29. The van der Waals surface area contributed by atoms with Gasteiger partial charge in [-0.25, -0.2) is 0 Å². The highest BCUT2D eigenvalue weighted by atomic mass is 35.5. The summed E-state index contributed by atoms with van der Waals surface area (Å²) in [7, 11) is 1.84. The van der Waals surface area contributed by atoms with Gasteiger partial charge in [0.05, 0.1) is 11.4 Å². The maximum atomic E-state index is 12.1. The second kappa shape index (κ2) is 9.12. The molecule has 0 saturated carbocycles. The van der Waals surface area contributed by atoms with Crippen molar-refractivity contribution in [1.29, 1.82) is 0 Å². The summed E-state index contributed by atoms with van der Waals surface area (Å²) in [4.78, 5) is 25.8. The van der Waals surface area contributed by atoms with E-state index in [1.54, 1.807) is 11.3 Å². The first-order valence-corrected chi connectivity index (χ1v) is 8.25. The Morgan fingerprint density at radius 2 is 2.00 bits per heavy atom. The van der Waals surface area contributed by atoms with Crippen LogP contribution in [0.1, 0.15) is 39.9 Å². The van der Waals surface area contributed by atoms with Crippen LogP contribution in [-0.4, -0.2) is 38.0 Å².